The van der Waals surface area contributed by atoms with Gasteiger partial charge in [-0.25, -0.2) is 8.78 Å². The Labute approximate surface area is 92.3 Å². The van der Waals surface area contributed by atoms with Crippen LogP contribution in [0.15, 0.2) is 0 Å². The topological polar surface area (TPSA) is 72.8 Å². The molecule has 96 valence electrons. The molecule has 0 radical (unpaired) electrons. The number of rotatable bonds is 8. The molecule has 0 saturated carbocycles. The van der Waals surface area contributed by atoms with Gasteiger partial charge in [0.1, 0.15) is 0 Å². The first-order chi connectivity index (χ1) is 7.37. The number of halogens is 2. The van der Waals surface area contributed by atoms with E-state index in [-0.39, 0.29) is 13.2 Å². The van der Waals surface area contributed by atoms with Gasteiger partial charge in [-0.1, -0.05) is 0 Å². The first-order valence-electron chi connectivity index (χ1n) is 4.77. The summed E-state index contributed by atoms with van der Waals surface area (Å²) in [7, 11) is -4.02. The Bertz CT molecular complexity index is 261. The number of carboxylic acid groups (broad SMARTS) is 1. The van der Waals surface area contributed by atoms with E-state index in [0.717, 1.165) is 0 Å². The van der Waals surface area contributed by atoms with Crippen molar-refractivity contribution in [1.82, 2.24) is 0 Å². The van der Waals surface area contributed by atoms with E-state index in [1.165, 1.54) is 13.8 Å². The molecular formula is C8H15F2O5P. The highest BCUT2D eigenvalue weighted by Gasteiger charge is 2.42. The van der Waals surface area contributed by atoms with Crippen LogP contribution in [0.4, 0.5) is 8.78 Å². The van der Waals surface area contributed by atoms with E-state index >= 15 is 0 Å². The SMILES string of the molecule is CCOP(=O)(OCC)C(CC(F)F)C(=O)O. The van der Waals surface area contributed by atoms with Crippen molar-refractivity contribution in [3.05, 3.63) is 0 Å². The van der Waals surface area contributed by atoms with Crippen molar-refractivity contribution in [2.75, 3.05) is 13.2 Å². The van der Waals surface area contributed by atoms with Crippen molar-refractivity contribution in [3.8, 4) is 0 Å². The summed E-state index contributed by atoms with van der Waals surface area (Å²) >= 11 is 0. The second kappa shape index (κ2) is 6.93. The van der Waals surface area contributed by atoms with Gasteiger partial charge >= 0.3 is 13.6 Å². The molecule has 0 fully saturated rings. The summed E-state index contributed by atoms with van der Waals surface area (Å²) in [4.78, 5) is 10.8. The smallest absolute Gasteiger partial charge is 0.345 e. The summed E-state index contributed by atoms with van der Waals surface area (Å²) in [5, 5.41) is 8.75. The molecule has 0 bridgehead atoms. The van der Waals surface area contributed by atoms with Gasteiger partial charge in [-0.05, 0) is 13.8 Å². The Kier molecular flexibility index (Phi) is 6.71. The van der Waals surface area contributed by atoms with E-state index in [0.29, 0.717) is 0 Å². The second-order valence-corrected chi connectivity index (χ2v) is 5.08. The average Bonchev–Trinajstić information content (AvgIpc) is 2.14. The van der Waals surface area contributed by atoms with Crippen LogP contribution in [0.2, 0.25) is 0 Å². The van der Waals surface area contributed by atoms with E-state index in [1.807, 2.05) is 0 Å². The fourth-order valence-electron chi connectivity index (χ4n) is 1.11. The zero-order chi connectivity index (χ0) is 12.8. The van der Waals surface area contributed by atoms with Gasteiger partial charge in [-0.3, -0.25) is 9.36 Å². The van der Waals surface area contributed by atoms with Crippen LogP contribution in [0.5, 0.6) is 0 Å². The van der Waals surface area contributed by atoms with Crippen LogP contribution in [-0.2, 0) is 18.4 Å². The Hall–Kier alpha value is -0.520. The highest BCUT2D eigenvalue weighted by Crippen LogP contribution is 2.54. The summed E-state index contributed by atoms with van der Waals surface area (Å²) in [5.41, 5.74) is -1.83. The molecule has 0 aliphatic carbocycles. The van der Waals surface area contributed by atoms with Crippen molar-refractivity contribution >= 4 is 13.6 Å². The first kappa shape index (κ1) is 15.5. The molecule has 0 aliphatic heterocycles. The third-order valence-electron chi connectivity index (χ3n) is 1.69. The molecule has 1 unspecified atom stereocenters. The predicted octanol–water partition coefficient (Wildman–Crippen LogP) is 2.36. The van der Waals surface area contributed by atoms with E-state index in [4.69, 9.17) is 14.2 Å². The highest BCUT2D eigenvalue weighted by molar-refractivity contribution is 7.55. The van der Waals surface area contributed by atoms with Crippen molar-refractivity contribution in [1.29, 1.82) is 0 Å². The van der Waals surface area contributed by atoms with E-state index in [1.54, 1.807) is 0 Å². The number of alkyl halides is 2. The van der Waals surface area contributed by atoms with Crippen LogP contribution in [0.25, 0.3) is 0 Å². The number of carboxylic acids is 1. The maximum atomic E-state index is 12.2. The molecule has 0 saturated heterocycles. The van der Waals surface area contributed by atoms with Crippen molar-refractivity contribution in [2.45, 2.75) is 32.4 Å². The van der Waals surface area contributed by atoms with E-state index in [2.05, 4.69) is 0 Å². The second-order valence-electron chi connectivity index (χ2n) is 2.86. The van der Waals surface area contributed by atoms with E-state index < -0.39 is 32.1 Å². The lowest BCUT2D eigenvalue weighted by atomic mass is 10.3. The van der Waals surface area contributed by atoms with Crippen LogP contribution in [0.3, 0.4) is 0 Å². The molecule has 5 nitrogen and oxygen atoms in total. The fourth-order valence-corrected chi connectivity index (χ4v) is 2.95. The molecule has 16 heavy (non-hydrogen) atoms. The highest BCUT2D eigenvalue weighted by atomic mass is 31.2. The van der Waals surface area contributed by atoms with Gasteiger partial charge < -0.3 is 14.2 Å². The monoisotopic (exact) mass is 260 g/mol. The molecular weight excluding hydrogens is 245 g/mol. The van der Waals surface area contributed by atoms with Gasteiger partial charge in [0.25, 0.3) is 0 Å². The largest absolute Gasteiger partial charge is 0.481 e. The Morgan fingerprint density at radius 3 is 2.00 bits per heavy atom. The minimum Gasteiger partial charge on any atom is -0.481 e. The third kappa shape index (κ3) is 4.55. The van der Waals surface area contributed by atoms with Crippen molar-refractivity contribution in [2.24, 2.45) is 0 Å². The molecule has 0 amide bonds. The molecule has 0 spiro atoms. The number of carbonyl (C=O) groups is 1. The molecule has 0 heterocycles. The number of hydrogen-bond donors (Lipinski definition) is 1. The molecule has 1 N–H and O–H groups in total. The summed E-state index contributed by atoms with van der Waals surface area (Å²) in [5.74, 6) is -1.61. The summed E-state index contributed by atoms with van der Waals surface area (Å²) in [6.07, 6.45) is -3.93. The molecule has 8 heteroatoms. The molecule has 1 atom stereocenters. The molecule has 0 aromatic rings. The fraction of sp³-hybridized carbons (Fsp3) is 0.875. The van der Waals surface area contributed by atoms with Gasteiger partial charge in [-0.15, -0.1) is 0 Å². The molecule has 0 aromatic carbocycles. The van der Waals surface area contributed by atoms with Crippen LogP contribution in [0.1, 0.15) is 20.3 Å². The summed E-state index contributed by atoms with van der Waals surface area (Å²) in [6.45, 7) is 2.83. The van der Waals surface area contributed by atoms with E-state index in [9.17, 15) is 18.1 Å². The first-order valence-corrected chi connectivity index (χ1v) is 6.38. The summed E-state index contributed by atoms with van der Waals surface area (Å²) in [6, 6.07) is 0. The molecule has 0 rings (SSSR count). The van der Waals surface area contributed by atoms with Gasteiger partial charge in [-0.2, -0.15) is 0 Å². The quantitative estimate of drug-likeness (QED) is 0.678. The lowest BCUT2D eigenvalue weighted by Crippen LogP contribution is -2.25. The van der Waals surface area contributed by atoms with Gasteiger partial charge in [0.05, 0.1) is 13.2 Å². The normalized spacial score (nSPS) is 14.1. The Balaban J connectivity index is 4.93. The summed E-state index contributed by atoms with van der Waals surface area (Å²) < 4.78 is 45.7. The Morgan fingerprint density at radius 1 is 1.31 bits per heavy atom. The van der Waals surface area contributed by atoms with Crippen molar-refractivity contribution in [3.63, 3.8) is 0 Å². The average molecular weight is 260 g/mol. The maximum Gasteiger partial charge on any atom is 0.345 e. The van der Waals surface area contributed by atoms with Gasteiger partial charge in [0, 0.05) is 6.42 Å². The lowest BCUT2D eigenvalue weighted by Gasteiger charge is -2.22. The number of hydrogen-bond acceptors (Lipinski definition) is 4. The van der Waals surface area contributed by atoms with Gasteiger partial charge in [0.2, 0.25) is 6.43 Å². The molecule has 0 aliphatic rings. The van der Waals surface area contributed by atoms with Crippen LogP contribution < -0.4 is 0 Å². The third-order valence-corrected chi connectivity index (χ3v) is 4.12. The zero-order valence-corrected chi connectivity index (χ0v) is 9.95. The Morgan fingerprint density at radius 2 is 1.75 bits per heavy atom. The molecule has 0 aromatic heterocycles. The standard InChI is InChI=1S/C8H15F2O5P/c1-3-14-16(13,15-4-2)6(8(11)12)5-7(9)10/h6-7H,3-5H2,1-2H3,(H,11,12). The lowest BCUT2D eigenvalue weighted by molar-refractivity contribution is -0.137. The van der Waals surface area contributed by atoms with Crippen LogP contribution in [0, 0.1) is 0 Å². The van der Waals surface area contributed by atoms with Crippen LogP contribution in [-0.4, -0.2) is 36.4 Å². The predicted molar refractivity (Wildman–Crippen MR) is 52.9 cm³/mol. The zero-order valence-electron chi connectivity index (χ0n) is 9.06. The van der Waals surface area contributed by atoms with Crippen molar-refractivity contribution < 1.29 is 32.3 Å². The van der Waals surface area contributed by atoms with Gasteiger partial charge in [0.15, 0.2) is 5.66 Å². The number of aliphatic carboxylic acids is 1. The minimum absolute atomic E-state index is 0.0652. The maximum absolute atomic E-state index is 12.2. The minimum atomic E-state index is -4.02. The van der Waals surface area contributed by atoms with Crippen LogP contribution >= 0.6 is 7.60 Å².